The van der Waals surface area contributed by atoms with Crippen molar-refractivity contribution in [3.8, 4) is 11.4 Å². The minimum atomic E-state index is -3.30. The van der Waals surface area contributed by atoms with Crippen LogP contribution in [0.4, 0.5) is 0 Å². The van der Waals surface area contributed by atoms with E-state index in [1.165, 1.54) is 6.26 Å². The Balaban J connectivity index is 2.30. The van der Waals surface area contributed by atoms with Crippen LogP contribution in [-0.4, -0.2) is 24.6 Å². The molecule has 0 radical (unpaired) electrons. The number of para-hydroxylation sites is 1. The molecule has 3 rings (SSSR count). The van der Waals surface area contributed by atoms with Gasteiger partial charge >= 0.3 is 0 Å². The van der Waals surface area contributed by atoms with E-state index < -0.39 is 9.84 Å². The first-order chi connectivity index (χ1) is 9.47. The van der Waals surface area contributed by atoms with Gasteiger partial charge in [0, 0.05) is 16.3 Å². The van der Waals surface area contributed by atoms with Gasteiger partial charge in [-0.05, 0) is 18.2 Å². The van der Waals surface area contributed by atoms with Crippen molar-refractivity contribution in [2.45, 2.75) is 4.90 Å². The highest BCUT2D eigenvalue weighted by molar-refractivity contribution is 9.10. The SMILES string of the molecule is CS(=O)(=O)c1cccc2[nH]c(-c3ccccc3Br)nc12. The Kier molecular flexibility index (Phi) is 3.14. The summed E-state index contributed by atoms with van der Waals surface area (Å²) in [4.78, 5) is 7.85. The van der Waals surface area contributed by atoms with Gasteiger partial charge < -0.3 is 4.98 Å². The van der Waals surface area contributed by atoms with Gasteiger partial charge in [-0.3, -0.25) is 0 Å². The monoisotopic (exact) mass is 350 g/mol. The maximum Gasteiger partial charge on any atom is 0.177 e. The summed E-state index contributed by atoms with van der Waals surface area (Å²) < 4.78 is 24.5. The van der Waals surface area contributed by atoms with Gasteiger partial charge in [-0.1, -0.05) is 40.2 Å². The summed E-state index contributed by atoms with van der Waals surface area (Å²) in [5.74, 6) is 0.642. The zero-order chi connectivity index (χ0) is 14.3. The highest BCUT2D eigenvalue weighted by Gasteiger charge is 2.16. The van der Waals surface area contributed by atoms with E-state index >= 15 is 0 Å². The Hall–Kier alpha value is -1.66. The molecule has 0 saturated heterocycles. The first kappa shape index (κ1) is 13.3. The minimum Gasteiger partial charge on any atom is -0.338 e. The van der Waals surface area contributed by atoms with Crippen molar-refractivity contribution in [1.29, 1.82) is 0 Å². The number of nitrogens with one attached hydrogen (secondary N) is 1. The summed E-state index contributed by atoms with van der Waals surface area (Å²) in [6, 6.07) is 12.8. The maximum absolute atomic E-state index is 11.8. The molecule has 102 valence electrons. The van der Waals surface area contributed by atoms with Crippen molar-refractivity contribution in [3.05, 3.63) is 46.9 Å². The van der Waals surface area contributed by atoms with Gasteiger partial charge in [-0.2, -0.15) is 0 Å². The summed E-state index contributed by atoms with van der Waals surface area (Å²) in [6.07, 6.45) is 1.19. The van der Waals surface area contributed by atoms with Crippen LogP contribution in [0.3, 0.4) is 0 Å². The summed E-state index contributed by atoms with van der Waals surface area (Å²) in [6.45, 7) is 0. The van der Waals surface area contributed by atoms with Crippen molar-refractivity contribution in [3.63, 3.8) is 0 Å². The molecular formula is C14H11BrN2O2S. The molecule has 0 aliphatic rings. The second-order valence-corrected chi connectivity index (χ2v) is 7.33. The molecule has 0 amide bonds. The first-order valence-electron chi connectivity index (χ1n) is 5.90. The zero-order valence-electron chi connectivity index (χ0n) is 10.6. The number of nitrogens with zero attached hydrogens (tertiary/aromatic N) is 1. The number of benzene rings is 2. The quantitative estimate of drug-likeness (QED) is 0.770. The molecule has 6 heteroatoms. The molecule has 0 spiro atoms. The van der Waals surface area contributed by atoms with Crippen molar-refractivity contribution >= 4 is 36.8 Å². The van der Waals surface area contributed by atoms with Crippen molar-refractivity contribution in [2.75, 3.05) is 6.26 Å². The van der Waals surface area contributed by atoms with Crippen molar-refractivity contribution in [1.82, 2.24) is 9.97 Å². The third kappa shape index (κ3) is 2.25. The maximum atomic E-state index is 11.8. The second kappa shape index (κ2) is 4.71. The second-order valence-electron chi connectivity index (χ2n) is 4.49. The normalized spacial score (nSPS) is 11.9. The van der Waals surface area contributed by atoms with Gasteiger partial charge in [0.1, 0.15) is 11.3 Å². The van der Waals surface area contributed by atoms with Gasteiger partial charge in [0.25, 0.3) is 0 Å². The fraction of sp³-hybridized carbons (Fsp3) is 0.0714. The van der Waals surface area contributed by atoms with E-state index in [4.69, 9.17) is 0 Å². The first-order valence-corrected chi connectivity index (χ1v) is 8.59. The number of fused-ring (bicyclic) bond motifs is 1. The number of sulfone groups is 1. The van der Waals surface area contributed by atoms with E-state index in [-0.39, 0.29) is 4.90 Å². The average molecular weight is 351 g/mol. The molecule has 3 aromatic rings. The topological polar surface area (TPSA) is 62.8 Å². The molecule has 2 aromatic carbocycles. The Morgan fingerprint density at radius 1 is 1.10 bits per heavy atom. The van der Waals surface area contributed by atoms with E-state index in [0.717, 1.165) is 10.0 Å². The number of aromatic amines is 1. The Morgan fingerprint density at radius 2 is 1.85 bits per heavy atom. The fourth-order valence-electron chi connectivity index (χ4n) is 2.09. The van der Waals surface area contributed by atoms with Gasteiger partial charge in [-0.25, -0.2) is 13.4 Å². The van der Waals surface area contributed by atoms with E-state index in [2.05, 4.69) is 25.9 Å². The molecule has 0 atom stereocenters. The van der Waals surface area contributed by atoms with Crippen LogP contribution in [0.1, 0.15) is 0 Å². The molecule has 1 heterocycles. The number of hydrogen-bond donors (Lipinski definition) is 1. The van der Waals surface area contributed by atoms with Gasteiger partial charge in [0.05, 0.1) is 10.4 Å². The molecule has 0 saturated carbocycles. The minimum absolute atomic E-state index is 0.240. The van der Waals surface area contributed by atoms with Crippen LogP contribution < -0.4 is 0 Å². The standard InChI is InChI=1S/C14H11BrN2O2S/c1-20(18,19)12-8-4-7-11-13(12)17-14(16-11)9-5-2-3-6-10(9)15/h2-8H,1H3,(H,16,17). The molecular weight excluding hydrogens is 340 g/mol. The van der Waals surface area contributed by atoms with Crippen LogP contribution in [-0.2, 0) is 9.84 Å². The van der Waals surface area contributed by atoms with Crippen LogP contribution >= 0.6 is 15.9 Å². The molecule has 0 aliphatic carbocycles. The van der Waals surface area contributed by atoms with E-state index in [1.54, 1.807) is 12.1 Å². The summed E-state index contributed by atoms with van der Waals surface area (Å²) >= 11 is 3.47. The average Bonchev–Trinajstić information content (AvgIpc) is 2.81. The number of hydrogen-bond acceptors (Lipinski definition) is 3. The highest BCUT2D eigenvalue weighted by atomic mass is 79.9. The van der Waals surface area contributed by atoms with E-state index in [0.29, 0.717) is 16.9 Å². The predicted octanol–water partition coefficient (Wildman–Crippen LogP) is 3.40. The number of imidazole rings is 1. The number of rotatable bonds is 2. The van der Waals surface area contributed by atoms with E-state index in [9.17, 15) is 8.42 Å². The summed E-state index contributed by atoms with van der Waals surface area (Å²) in [7, 11) is -3.30. The van der Waals surface area contributed by atoms with Gasteiger partial charge in [0.15, 0.2) is 9.84 Å². The van der Waals surface area contributed by atoms with Crippen molar-refractivity contribution < 1.29 is 8.42 Å². The third-order valence-electron chi connectivity index (χ3n) is 3.00. The van der Waals surface area contributed by atoms with E-state index in [1.807, 2.05) is 30.3 Å². The van der Waals surface area contributed by atoms with Gasteiger partial charge in [0.2, 0.25) is 0 Å². The molecule has 0 unspecified atom stereocenters. The van der Waals surface area contributed by atoms with Crippen LogP contribution in [0.5, 0.6) is 0 Å². The van der Waals surface area contributed by atoms with Gasteiger partial charge in [-0.15, -0.1) is 0 Å². The lowest BCUT2D eigenvalue weighted by Gasteiger charge is -1.99. The van der Waals surface area contributed by atoms with Crippen LogP contribution in [0.15, 0.2) is 51.8 Å². The Bertz CT molecular complexity index is 900. The third-order valence-corrected chi connectivity index (χ3v) is 4.82. The smallest absolute Gasteiger partial charge is 0.177 e. The molecule has 0 aliphatic heterocycles. The molecule has 0 fully saturated rings. The molecule has 20 heavy (non-hydrogen) atoms. The lowest BCUT2D eigenvalue weighted by atomic mass is 10.2. The highest BCUT2D eigenvalue weighted by Crippen LogP contribution is 2.29. The zero-order valence-corrected chi connectivity index (χ0v) is 13.0. The van der Waals surface area contributed by atoms with Crippen LogP contribution in [0, 0.1) is 0 Å². The summed E-state index contributed by atoms with van der Waals surface area (Å²) in [5, 5.41) is 0. The fourth-order valence-corrected chi connectivity index (χ4v) is 3.39. The predicted molar refractivity (Wildman–Crippen MR) is 82.3 cm³/mol. The molecule has 1 aromatic heterocycles. The Morgan fingerprint density at radius 3 is 2.55 bits per heavy atom. The Labute approximate surface area is 124 Å². The van der Waals surface area contributed by atoms with Crippen LogP contribution in [0.2, 0.25) is 0 Å². The molecule has 1 N–H and O–H groups in total. The largest absolute Gasteiger partial charge is 0.338 e. The summed E-state index contributed by atoms with van der Waals surface area (Å²) in [5.41, 5.74) is 2.07. The lowest BCUT2D eigenvalue weighted by molar-refractivity contribution is 0.602. The molecule has 4 nitrogen and oxygen atoms in total. The van der Waals surface area contributed by atoms with Crippen molar-refractivity contribution in [2.24, 2.45) is 0 Å². The lowest BCUT2D eigenvalue weighted by Crippen LogP contribution is -1.97. The number of H-pyrrole nitrogens is 1. The molecule has 0 bridgehead atoms. The number of halogens is 1. The number of aromatic nitrogens is 2. The van der Waals surface area contributed by atoms with Crippen LogP contribution in [0.25, 0.3) is 22.4 Å².